The Kier molecular flexibility index (Phi) is 2.56. The molecular weight excluding hydrogens is 202 g/mol. The lowest BCUT2D eigenvalue weighted by Gasteiger charge is -2.11. The molecular formula is C9H13NO3S. The van der Waals surface area contributed by atoms with E-state index in [1.807, 2.05) is 6.92 Å². The molecule has 1 aromatic rings. The van der Waals surface area contributed by atoms with E-state index in [1.54, 1.807) is 13.8 Å². The maximum absolute atomic E-state index is 11.0. The summed E-state index contributed by atoms with van der Waals surface area (Å²) in [6.45, 7) is 5.14. The van der Waals surface area contributed by atoms with Gasteiger partial charge in [-0.2, -0.15) is 8.42 Å². The van der Waals surface area contributed by atoms with E-state index < -0.39 is 10.1 Å². The monoisotopic (exact) mass is 215 g/mol. The Balaban J connectivity index is 3.66. The summed E-state index contributed by atoms with van der Waals surface area (Å²) in [4.78, 5) is -0.113. The first-order valence-corrected chi connectivity index (χ1v) is 5.53. The number of nitrogens with two attached hydrogens (primary N) is 1. The highest BCUT2D eigenvalue weighted by atomic mass is 32.2. The average Bonchev–Trinajstić information content (AvgIpc) is 2.06. The lowest BCUT2D eigenvalue weighted by Crippen LogP contribution is -2.06. The first-order valence-electron chi connectivity index (χ1n) is 4.09. The molecule has 0 amide bonds. The van der Waals surface area contributed by atoms with Crippen LogP contribution < -0.4 is 5.73 Å². The molecule has 0 saturated carbocycles. The van der Waals surface area contributed by atoms with Crippen LogP contribution in [0.5, 0.6) is 0 Å². The maximum Gasteiger partial charge on any atom is 0.294 e. The van der Waals surface area contributed by atoms with E-state index in [0.29, 0.717) is 11.3 Å². The van der Waals surface area contributed by atoms with Crippen LogP contribution in [0.1, 0.15) is 16.7 Å². The topological polar surface area (TPSA) is 80.4 Å². The van der Waals surface area contributed by atoms with Crippen molar-refractivity contribution < 1.29 is 13.0 Å². The number of aryl methyl sites for hydroxylation is 1. The normalized spacial score (nSPS) is 11.7. The van der Waals surface area contributed by atoms with E-state index in [-0.39, 0.29) is 4.90 Å². The zero-order chi connectivity index (χ0) is 11.1. The van der Waals surface area contributed by atoms with Crippen LogP contribution in [0.15, 0.2) is 11.0 Å². The van der Waals surface area contributed by atoms with Crippen molar-refractivity contribution in [2.75, 3.05) is 5.73 Å². The largest absolute Gasteiger partial charge is 0.398 e. The second kappa shape index (κ2) is 3.25. The van der Waals surface area contributed by atoms with E-state index in [9.17, 15) is 8.42 Å². The molecule has 0 atom stereocenters. The SMILES string of the molecule is Cc1cc(S(=O)(=O)O)c(C)c(N)c1C. The summed E-state index contributed by atoms with van der Waals surface area (Å²) in [6, 6.07) is 1.43. The first kappa shape index (κ1) is 11.0. The van der Waals surface area contributed by atoms with Crippen LogP contribution in [0.4, 0.5) is 5.69 Å². The molecule has 4 nitrogen and oxygen atoms in total. The van der Waals surface area contributed by atoms with Crippen molar-refractivity contribution in [3.05, 3.63) is 22.8 Å². The van der Waals surface area contributed by atoms with Crippen LogP contribution in [0.25, 0.3) is 0 Å². The molecule has 3 N–H and O–H groups in total. The standard InChI is InChI=1S/C9H13NO3S/c1-5-4-8(14(11,12)13)7(3)9(10)6(5)2/h4H,10H2,1-3H3,(H,11,12,13). The van der Waals surface area contributed by atoms with Crippen molar-refractivity contribution in [2.24, 2.45) is 0 Å². The van der Waals surface area contributed by atoms with Gasteiger partial charge in [0.25, 0.3) is 10.1 Å². The lowest BCUT2D eigenvalue weighted by atomic mass is 10.0. The molecule has 0 unspecified atom stereocenters. The highest BCUT2D eigenvalue weighted by molar-refractivity contribution is 7.85. The summed E-state index contributed by atoms with van der Waals surface area (Å²) >= 11 is 0. The zero-order valence-corrected chi connectivity index (χ0v) is 9.14. The van der Waals surface area contributed by atoms with E-state index in [0.717, 1.165) is 11.1 Å². The van der Waals surface area contributed by atoms with Crippen LogP contribution in [0.3, 0.4) is 0 Å². The quantitative estimate of drug-likeness (QED) is 0.548. The van der Waals surface area contributed by atoms with Gasteiger partial charge >= 0.3 is 0 Å². The molecule has 0 aliphatic heterocycles. The Morgan fingerprint density at radius 1 is 1.21 bits per heavy atom. The molecule has 78 valence electrons. The van der Waals surface area contributed by atoms with Gasteiger partial charge in [0, 0.05) is 5.69 Å². The number of benzene rings is 1. The molecule has 1 rings (SSSR count). The Labute approximate surface area is 83.5 Å². The van der Waals surface area contributed by atoms with Gasteiger partial charge in [0.05, 0.1) is 4.90 Å². The van der Waals surface area contributed by atoms with E-state index >= 15 is 0 Å². The van der Waals surface area contributed by atoms with Gasteiger partial charge < -0.3 is 5.73 Å². The molecule has 0 fully saturated rings. The Bertz CT molecular complexity index is 477. The highest BCUT2D eigenvalue weighted by Gasteiger charge is 2.17. The minimum atomic E-state index is -4.18. The maximum atomic E-state index is 11.0. The molecule has 0 aliphatic rings. The zero-order valence-electron chi connectivity index (χ0n) is 8.33. The smallest absolute Gasteiger partial charge is 0.294 e. The Hall–Kier alpha value is -1.07. The number of anilines is 1. The summed E-state index contributed by atoms with van der Waals surface area (Å²) in [5.41, 5.74) is 8.11. The predicted molar refractivity (Wildman–Crippen MR) is 54.9 cm³/mol. The minimum absolute atomic E-state index is 0.113. The minimum Gasteiger partial charge on any atom is -0.398 e. The van der Waals surface area contributed by atoms with Gasteiger partial charge in [-0.05, 0) is 43.5 Å². The number of nitrogen functional groups attached to an aromatic ring is 1. The number of hydrogen-bond acceptors (Lipinski definition) is 3. The third-order valence-corrected chi connectivity index (χ3v) is 3.37. The van der Waals surface area contributed by atoms with Crippen molar-refractivity contribution in [3.8, 4) is 0 Å². The van der Waals surface area contributed by atoms with Crippen LogP contribution in [0, 0.1) is 20.8 Å². The van der Waals surface area contributed by atoms with Crippen molar-refractivity contribution in [1.82, 2.24) is 0 Å². The van der Waals surface area contributed by atoms with E-state index in [1.165, 1.54) is 6.07 Å². The van der Waals surface area contributed by atoms with Gasteiger partial charge in [-0.25, -0.2) is 0 Å². The van der Waals surface area contributed by atoms with Crippen LogP contribution >= 0.6 is 0 Å². The summed E-state index contributed by atoms with van der Waals surface area (Å²) in [5.74, 6) is 0. The Morgan fingerprint density at radius 3 is 2.14 bits per heavy atom. The van der Waals surface area contributed by atoms with Gasteiger partial charge in [-0.3, -0.25) is 4.55 Å². The van der Waals surface area contributed by atoms with Crippen molar-refractivity contribution in [2.45, 2.75) is 25.7 Å². The summed E-state index contributed by atoms with van der Waals surface area (Å²) in [7, 11) is -4.18. The Morgan fingerprint density at radius 2 is 1.71 bits per heavy atom. The number of rotatable bonds is 1. The van der Waals surface area contributed by atoms with Crippen LogP contribution in [-0.2, 0) is 10.1 Å². The molecule has 0 bridgehead atoms. The molecule has 0 spiro atoms. The molecule has 5 heteroatoms. The fraction of sp³-hybridized carbons (Fsp3) is 0.333. The number of hydrogen-bond donors (Lipinski definition) is 2. The van der Waals surface area contributed by atoms with Gasteiger partial charge in [0.2, 0.25) is 0 Å². The van der Waals surface area contributed by atoms with Crippen LogP contribution in [0.2, 0.25) is 0 Å². The second-order valence-corrected chi connectivity index (χ2v) is 4.72. The fourth-order valence-electron chi connectivity index (χ4n) is 1.31. The first-order chi connectivity index (χ1) is 6.25. The molecule has 0 radical (unpaired) electrons. The van der Waals surface area contributed by atoms with Gasteiger partial charge in [0.1, 0.15) is 0 Å². The third-order valence-electron chi connectivity index (χ3n) is 2.39. The van der Waals surface area contributed by atoms with E-state index in [4.69, 9.17) is 10.3 Å². The lowest BCUT2D eigenvalue weighted by molar-refractivity contribution is 0.482. The van der Waals surface area contributed by atoms with E-state index in [2.05, 4.69) is 0 Å². The van der Waals surface area contributed by atoms with Gasteiger partial charge in [-0.1, -0.05) is 0 Å². The second-order valence-electron chi connectivity index (χ2n) is 3.33. The molecule has 1 aromatic carbocycles. The highest BCUT2D eigenvalue weighted by Crippen LogP contribution is 2.26. The molecule has 0 saturated heterocycles. The average molecular weight is 215 g/mol. The van der Waals surface area contributed by atoms with Gasteiger partial charge in [0.15, 0.2) is 0 Å². The fourth-order valence-corrected chi connectivity index (χ4v) is 2.13. The van der Waals surface area contributed by atoms with Gasteiger partial charge in [-0.15, -0.1) is 0 Å². The van der Waals surface area contributed by atoms with Crippen molar-refractivity contribution in [3.63, 3.8) is 0 Å². The molecule has 14 heavy (non-hydrogen) atoms. The molecule has 0 aliphatic carbocycles. The predicted octanol–water partition coefficient (Wildman–Crippen LogP) is 1.44. The van der Waals surface area contributed by atoms with Crippen LogP contribution in [-0.4, -0.2) is 13.0 Å². The summed E-state index contributed by atoms with van der Waals surface area (Å²) < 4.78 is 30.9. The van der Waals surface area contributed by atoms with Crippen molar-refractivity contribution >= 4 is 15.8 Å². The molecule has 0 aromatic heterocycles. The molecule has 0 heterocycles. The van der Waals surface area contributed by atoms with Crippen molar-refractivity contribution in [1.29, 1.82) is 0 Å². The summed E-state index contributed by atoms with van der Waals surface area (Å²) in [5, 5.41) is 0. The summed E-state index contributed by atoms with van der Waals surface area (Å²) in [6.07, 6.45) is 0. The third kappa shape index (κ3) is 1.73.